The van der Waals surface area contributed by atoms with Crippen LogP contribution in [0.5, 0.6) is 0 Å². The molecule has 1 N–H and O–H groups in total. The van der Waals surface area contributed by atoms with Gasteiger partial charge in [-0.15, -0.1) is 0 Å². The van der Waals surface area contributed by atoms with E-state index >= 15 is 0 Å². The van der Waals surface area contributed by atoms with Crippen molar-refractivity contribution in [3.63, 3.8) is 0 Å². The van der Waals surface area contributed by atoms with Crippen LogP contribution in [0.15, 0.2) is 47.4 Å². The summed E-state index contributed by atoms with van der Waals surface area (Å²) < 4.78 is 4.94. The van der Waals surface area contributed by atoms with Gasteiger partial charge in [0.25, 0.3) is 5.91 Å². The van der Waals surface area contributed by atoms with Crippen molar-refractivity contribution in [2.24, 2.45) is 0 Å². The maximum Gasteiger partial charge on any atom is 0.345 e. The molecule has 0 saturated carbocycles. The minimum Gasteiger partial charge on any atom is -0.351 e. The summed E-state index contributed by atoms with van der Waals surface area (Å²) in [4.78, 5) is 24.5. The van der Waals surface area contributed by atoms with Crippen LogP contribution in [0.3, 0.4) is 0 Å². The van der Waals surface area contributed by atoms with Crippen molar-refractivity contribution in [2.45, 2.75) is 38.8 Å². The fourth-order valence-corrected chi connectivity index (χ4v) is 3.29. The highest BCUT2D eigenvalue weighted by Crippen LogP contribution is 2.09. The highest BCUT2D eigenvalue weighted by molar-refractivity contribution is 5.92. The number of hydrogen-bond donors (Lipinski definition) is 1. The summed E-state index contributed by atoms with van der Waals surface area (Å²) in [5.74, 6) is 0.655. The number of aryl methyl sites for hydroxylation is 2. The molecule has 1 aliphatic rings. The number of benzene rings is 1. The van der Waals surface area contributed by atoms with E-state index in [1.807, 2.05) is 30.3 Å². The largest absolute Gasteiger partial charge is 0.351 e. The summed E-state index contributed by atoms with van der Waals surface area (Å²) in [6.07, 6.45) is 5.39. The quantitative estimate of drug-likeness (QED) is 0.668. The molecule has 1 aliphatic heterocycles. The molecule has 0 atom stereocenters. The molecule has 2 aromatic heterocycles. The van der Waals surface area contributed by atoms with Crippen molar-refractivity contribution in [3.8, 4) is 5.69 Å². The average molecular weight is 366 g/mol. The van der Waals surface area contributed by atoms with Crippen molar-refractivity contribution in [1.82, 2.24) is 29.4 Å². The van der Waals surface area contributed by atoms with Gasteiger partial charge in [0.2, 0.25) is 0 Å². The van der Waals surface area contributed by atoms with Gasteiger partial charge in [0.15, 0.2) is 5.69 Å². The van der Waals surface area contributed by atoms with Crippen molar-refractivity contribution in [2.75, 3.05) is 6.54 Å². The number of carbonyl (C=O) groups excluding carboxylic acids is 1. The van der Waals surface area contributed by atoms with Gasteiger partial charge in [0, 0.05) is 32.3 Å². The number of aromatic nitrogens is 5. The van der Waals surface area contributed by atoms with Gasteiger partial charge in [-0.05, 0) is 37.5 Å². The van der Waals surface area contributed by atoms with Crippen LogP contribution in [-0.2, 0) is 19.5 Å². The second kappa shape index (κ2) is 7.61. The Morgan fingerprint density at radius 3 is 2.78 bits per heavy atom. The molecule has 0 spiro atoms. The van der Waals surface area contributed by atoms with Crippen LogP contribution in [0.4, 0.5) is 0 Å². The highest BCUT2D eigenvalue weighted by Gasteiger charge is 2.16. The van der Waals surface area contributed by atoms with Crippen molar-refractivity contribution < 1.29 is 4.79 Å². The molecule has 0 unspecified atom stereocenters. The summed E-state index contributed by atoms with van der Waals surface area (Å²) in [6.45, 7) is 1.72. The van der Waals surface area contributed by atoms with Crippen molar-refractivity contribution >= 4 is 5.91 Å². The lowest BCUT2D eigenvalue weighted by atomic mass is 10.2. The van der Waals surface area contributed by atoms with Gasteiger partial charge in [0.05, 0.1) is 5.69 Å². The number of para-hydroxylation sites is 1. The van der Waals surface area contributed by atoms with Crippen LogP contribution in [0, 0.1) is 0 Å². The number of hydrogen-bond acceptors (Lipinski definition) is 4. The fraction of sp³-hybridized carbons (Fsp3) is 0.368. The molecule has 1 aromatic carbocycles. The second-order valence-corrected chi connectivity index (χ2v) is 6.62. The monoisotopic (exact) mass is 366 g/mol. The number of carbonyl (C=O) groups is 1. The van der Waals surface area contributed by atoms with Crippen LogP contribution in [0.2, 0.25) is 0 Å². The zero-order chi connectivity index (χ0) is 18.6. The first-order chi connectivity index (χ1) is 13.2. The van der Waals surface area contributed by atoms with Crippen LogP contribution in [0.25, 0.3) is 5.69 Å². The molecule has 0 fully saturated rings. The first-order valence-electron chi connectivity index (χ1n) is 9.28. The Balaban J connectivity index is 1.30. The minimum atomic E-state index is -0.221. The summed E-state index contributed by atoms with van der Waals surface area (Å²) in [5, 5.41) is 11.6. The summed E-state index contributed by atoms with van der Waals surface area (Å²) in [5.41, 5.74) is 1.23. The molecule has 8 nitrogen and oxygen atoms in total. The fourth-order valence-electron chi connectivity index (χ4n) is 3.29. The van der Waals surface area contributed by atoms with Gasteiger partial charge in [0.1, 0.15) is 5.82 Å². The average Bonchev–Trinajstić information content (AvgIpc) is 3.32. The van der Waals surface area contributed by atoms with E-state index in [-0.39, 0.29) is 11.6 Å². The first-order valence-corrected chi connectivity index (χ1v) is 9.28. The third-order valence-electron chi connectivity index (χ3n) is 4.71. The summed E-state index contributed by atoms with van der Waals surface area (Å²) >= 11 is 0. The first kappa shape index (κ1) is 17.3. The molecule has 8 heteroatoms. The van der Waals surface area contributed by atoms with Crippen LogP contribution in [0.1, 0.15) is 35.6 Å². The van der Waals surface area contributed by atoms with E-state index in [0.29, 0.717) is 25.2 Å². The third kappa shape index (κ3) is 3.69. The standard InChI is InChI=1S/C19H22N6O2/c26-18(16-10-14-24(21-16)15-7-2-1-3-8-15)20-11-6-13-25-19(27)23-12-5-4-9-17(23)22-25/h1-3,7-8,10,14H,4-6,9,11-13H2,(H,20,26). The molecule has 0 bridgehead atoms. The number of nitrogens with one attached hydrogen (secondary N) is 1. The molecule has 0 aliphatic carbocycles. The number of nitrogens with zero attached hydrogens (tertiary/aromatic N) is 5. The Morgan fingerprint density at radius 1 is 1.11 bits per heavy atom. The number of fused-ring (bicyclic) bond motifs is 1. The lowest BCUT2D eigenvalue weighted by Gasteiger charge is -2.09. The van der Waals surface area contributed by atoms with E-state index in [1.54, 1.807) is 21.5 Å². The van der Waals surface area contributed by atoms with Crippen LogP contribution in [-0.4, -0.2) is 36.6 Å². The Labute approximate surface area is 156 Å². The van der Waals surface area contributed by atoms with Gasteiger partial charge in [-0.2, -0.15) is 10.2 Å². The molecular formula is C19H22N6O2. The van der Waals surface area contributed by atoms with E-state index < -0.39 is 0 Å². The molecule has 4 rings (SSSR count). The molecular weight excluding hydrogens is 344 g/mol. The van der Waals surface area contributed by atoms with E-state index in [2.05, 4.69) is 15.5 Å². The zero-order valence-corrected chi connectivity index (χ0v) is 15.0. The molecule has 0 saturated heterocycles. The Kier molecular flexibility index (Phi) is 4.86. The van der Waals surface area contributed by atoms with Gasteiger partial charge in [-0.1, -0.05) is 18.2 Å². The maximum absolute atomic E-state index is 12.3. The lowest BCUT2D eigenvalue weighted by Crippen LogP contribution is -2.29. The van der Waals surface area contributed by atoms with E-state index in [4.69, 9.17) is 0 Å². The predicted octanol–water partition coefficient (Wildman–Crippen LogP) is 1.39. The summed E-state index contributed by atoms with van der Waals surface area (Å²) in [6, 6.07) is 11.3. The van der Waals surface area contributed by atoms with E-state index in [1.165, 1.54) is 4.68 Å². The SMILES string of the molecule is O=C(NCCCn1nc2n(c1=O)CCCC2)c1ccn(-c2ccccc2)n1. The predicted molar refractivity (Wildman–Crippen MR) is 99.9 cm³/mol. The summed E-state index contributed by atoms with van der Waals surface area (Å²) in [7, 11) is 0. The van der Waals surface area contributed by atoms with Gasteiger partial charge in [-0.25, -0.2) is 14.2 Å². The van der Waals surface area contributed by atoms with E-state index in [0.717, 1.165) is 37.3 Å². The molecule has 3 heterocycles. The lowest BCUT2D eigenvalue weighted by molar-refractivity contribution is 0.0947. The topological polar surface area (TPSA) is 86.7 Å². The number of amides is 1. The second-order valence-electron chi connectivity index (χ2n) is 6.62. The Morgan fingerprint density at radius 2 is 1.96 bits per heavy atom. The smallest absolute Gasteiger partial charge is 0.345 e. The van der Waals surface area contributed by atoms with Gasteiger partial charge < -0.3 is 5.32 Å². The molecule has 3 aromatic rings. The van der Waals surface area contributed by atoms with Crippen LogP contribution < -0.4 is 11.0 Å². The minimum absolute atomic E-state index is 0.0439. The van der Waals surface area contributed by atoms with Gasteiger partial charge >= 0.3 is 5.69 Å². The molecule has 27 heavy (non-hydrogen) atoms. The highest BCUT2D eigenvalue weighted by atomic mass is 16.2. The van der Waals surface area contributed by atoms with Gasteiger partial charge in [-0.3, -0.25) is 9.36 Å². The normalized spacial score (nSPS) is 13.3. The third-order valence-corrected chi connectivity index (χ3v) is 4.71. The molecule has 1 amide bonds. The number of rotatable bonds is 6. The zero-order valence-electron chi connectivity index (χ0n) is 15.0. The van der Waals surface area contributed by atoms with Crippen LogP contribution >= 0.6 is 0 Å². The van der Waals surface area contributed by atoms with E-state index in [9.17, 15) is 9.59 Å². The molecule has 0 radical (unpaired) electrons. The molecule has 140 valence electrons. The Hall–Kier alpha value is -3.16. The van der Waals surface area contributed by atoms with Crippen molar-refractivity contribution in [3.05, 3.63) is 64.6 Å². The Bertz CT molecular complexity index is 985. The van der Waals surface area contributed by atoms with Crippen molar-refractivity contribution in [1.29, 1.82) is 0 Å². The maximum atomic E-state index is 12.3.